The maximum absolute atomic E-state index is 12.9. The molecule has 0 bridgehead atoms. The van der Waals surface area contributed by atoms with Crippen LogP contribution in [0.15, 0.2) is 85.1 Å². The SMILES string of the molecule is CC/C=C\C/C=C\C/C=C\C/C=C\C/C=C\C/C=C\CCCCCCCCCCCCCCC(=O)NC(COC1OC(CO)C(O)C(O)C1O)C(O)/C=C/CCCCCCC. The van der Waals surface area contributed by atoms with E-state index in [1.807, 2.05) is 6.08 Å². The molecule has 9 nitrogen and oxygen atoms in total. The lowest BCUT2D eigenvalue weighted by atomic mass is 9.99. The highest BCUT2D eigenvalue weighted by Gasteiger charge is 2.44. The summed E-state index contributed by atoms with van der Waals surface area (Å²) in [7, 11) is 0. The standard InChI is InChI=1S/C52H89NO8/c1-3-5-7-9-11-12-13-14-15-16-17-18-19-20-21-22-23-24-25-26-27-28-29-30-31-32-33-34-36-38-40-42-48(56)53-45(46(55)41-39-37-35-10-8-6-4-2)44-60-52-51(59)50(58)49(57)47(43-54)61-52/h5,7,11-12,14-15,17-18,20-21,23-24,39,41,45-47,49-52,54-55,57-59H,3-4,6,8-10,13,16,19,22,25-38,40,42-44H2,1-2H3,(H,53,56)/b7-5-,12-11-,15-14-,18-17-,21-20-,24-23-,41-39+. The van der Waals surface area contributed by atoms with Gasteiger partial charge >= 0.3 is 0 Å². The second kappa shape index (κ2) is 41.4. The lowest BCUT2D eigenvalue weighted by molar-refractivity contribution is -0.302. The highest BCUT2D eigenvalue weighted by molar-refractivity contribution is 5.76. The number of amides is 1. The maximum atomic E-state index is 12.9. The molecular weight excluding hydrogens is 767 g/mol. The number of nitrogens with one attached hydrogen (secondary N) is 1. The van der Waals surface area contributed by atoms with Crippen molar-refractivity contribution >= 4 is 5.91 Å². The Morgan fingerprint density at radius 3 is 1.51 bits per heavy atom. The Balaban J connectivity index is 2.13. The van der Waals surface area contributed by atoms with Crippen LogP contribution in [0.1, 0.15) is 181 Å². The van der Waals surface area contributed by atoms with Crippen LogP contribution in [0.2, 0.25) is 0 Å². The summed E-state index contributed by atoms with van der Waals surface area (Å²) in [5, 5.41) is 53.9. The molecule has 0 radical (unpaired) electrons. The molecule has 7 unspecified atom stereocenters. The molecule has 0 aromatic heterocycles. The van der Waals surface area contributed by atoms with Gasteiger partial charge in [-0.05, 0) is 70.6 Å². The molecule has 1 fully saturated rings. The van der Waals surface area contributed by atoms with Crippen LogP contribution in [-0.4, -0.2) is 87.5 Å². The zero-order chi connectivity index (χ0) is 44.4. The zero-order valence-corrected chi connectivity index (χ0v) is 38.4. The minimum absolute atomic E-state index is 0.188. The van der Waals surface area contributed by atoms with Gasteiger partial charge in [0.1, 0.15) is 24.4 Å². The van der Waals surface area contributed by atoms with Gasteiger partial charge in [-0.15, -0.1) is 0 Å². The molecule has 1 heterocycles. The van der Waals surface area contributed by atoms with Crippen molar-refractivity contribution < 1.29 is 39.8 Å². The van der Waals surface area contributed by atoms with Gasteiger partial charge in [0.2, 0.25) is 5.91 Å². The van der Waals surface area contributed by atoms with Crippen molar-refractivity contribution in [1.82, 2.24) is 5.32 Å². The van der Waals surface area contributed by atoms with E-state index in [1.54, 1.807) is 6.08 Å². The number of hydrogen-bond donors (Lipinski definition) is 6. The molecule has 0 aromatic rings. The average molecular weight is 856 g/mol. The number of ether oxygens (including phenoxy) is 2. The van der Waals surface area contributed by atoms with Crippen LogP contribution in [0.4, 0.5) is 0 Å². The first-order valence-corrected chi connectivity index (χ1v) is 24.3. The van der Waals surface area contributed by atoms with E-state index in [-0.39, 0.29) is 12.5 Å². The maximum Gasteiger partial charge on any atom is 0.220 e. The van der Waals surface area contributed by atoms with E-state index in [2.05, 4.69) is 92.1 Å². The fourth-order valence-electron chi connectivity index (χ4n) is 7.10. The van der Waals surface area contributed by atoms with Gasteiger partial charge in [0.25, 0.3) is 0 Å². The first kappa shape index (κ1) is 56.4. The largest absolute Gasteiger partial charge is 0.394 e. The molecule has 1 rings (SSSR count). The molecule has 0 aromatic carbocycles. The molecule has 1 amide bonds. The summed E-state index contributed by atoms with van der Waals surface area (Å²) in [5.74, 6) is -0.188. The van der Waals surface area contributed by atoms with Gasteiger partial charge in [-0.2, -0.15) is 0 Å². The summed E-state index contributed by atoms with van der Waals surface area (Å²) in [6.07, 6.45) is 50.9. The van der Waals surface area contributed by atoms with Crippen molar-refractivity contribution in [3.05, 3.63) is 85.1 Å². The number of allylic oxidation sites excluding steroid dienone is 13. The van der Waals surface area contributed by atoms with Gasteiger partial charge in [0.15, 0.2) is 6.29 Å². The minimum atomic E-state index is -1.57. The highest BCUT2D eigenvalue weighted by Crippen LogP contribution is 2.22. The van der Waals surface area contributed by atoms with Gasteiger partial charge in [-0.3, -0.25) is 4.79 Å². The van der Waals surface area contributed by atoms with Crippen molar-refractivity contribution in [1.29, 1.82) is 0 Å². The fourth-order valence-corrected chi connectivity index (χ4v) is 7.10. The van der Waals surface area contributed by atoms with Crippen molar-refractivity contribution in [2.75, 3.05) is 13.2 Å². The summed E-state index contributed by atoms with van der Waals surface area (Å²) in [5.41, 5.74) is 0. The predicted octanol–water partition coefficient (Wildman–Crippen LogP) is 10.7. The molecule has 0 aliphatic carbocycles. The first-order chi connectivity index (χ1) is 29.8. The molecule has 1 aliphatic heterocycles. The second-order valence-corrected chi connectivity index (χ2v) is 16.5. The molecule has 6 N–H and O–H groups in total. The third kappa shape index (κ3) is 31.8. The Hall–Kier alpha value is -2.63. The normalized spacial score (nSPS) is 21.2. The second-order valence-electron chi connectivity index (χ2n) is 16.5. The number of aliphatic hydroxyl groups is 5. The Morgan fingerprint density at radius 2 is 1.02 bits per heavy atom. The van der Waals surface area contributed by atoms with Crippen molar-refractivity contribution in [2.45, 2.75) is 224 Å². The van der Waals surface area contributed by atoms with E-state index >= 15 is 0 Å². The molecule has 1 saturated heterocycles. The quantitative estimate of drug-likeness (QED) is 0.0264. The van der Waals surface area contributed by atoms with Gasteiger partial charge in [-0.1, -0.05) is 189 Å². The van der Waals surface area contributed by atoms with Crippen LogP contribution in [-0.2, 0) is 14.3 Å². The molecule has 0 spiro atoms. The van der Waals surface area contributed by atoms with Gasteiger partial charge in [0.05, 0.1) is 25.4 Å². The molecule has 9 heteroatoms. The van der Waals surface area contributed by atoms with Crippen LogP contribution in [0, 0.1) is 0 Å². The number of hydrogen-bond acceptors (Lipinski definition) is 8. The lowest BCUT2D eigenvalue weighted by Crippen LogP contribution is -2.60. The average Bonchev–Trinajstić information content (AvgIpc) is 3.26. The van der Waals surface area contributed by atoms with E-state index in [9.17, 15) is 30.3 Å². The van der Waals surface area contributed by atoms with Crippen LogP contribution in [0.5, 0.6) is 0 Å². The van der Waals surface area contributed by atoms with E-state index in [0.29, 0.717) is 6.42 Å². The Labute approximate surface area is 371 Å². The third-order valence-corrected chi connectivity index (χ3v) is 11.0. The monoisotopic (exact) mass is 856 g/mol. The Bertz CT molecular complexity index is 1220. The van der Waals surface area contributed by atoms with Gasteiger partial charge in [-0.25, -0.2) is 0 Å². The van der Waals surface area contributed by atoms with E-state index < -0.39 is 49.5 Å². The zero-order valence-electron chi connectivity index (χ0n) is 38.4. The number of rotatable bonds is 39. The van der Waals surface area contributed by atoms with E-state index in [4.69, 9.17) is 9.47 Å². The number of carbonyl (C=O) groups is 1. The molecule has 0 saturated carbocycles. The van der Waals surface area contributed by atoms with Crippen LogP contribution in [0.25, 0.3) is 0 Å². The summed E-state index contributed by atoms with van der Waals surface area (Å²) >= 11 is 0. The van der Waals surface area contributed by atoms with E-state index in [0.717, 1.165) is 77.0 Å². The van der Waals surface area contributed by atoms with Crippen molar-refractivity contribution in [3.63, 3.8) is 0 Å². The number of unbranched alkanes of at least 4 members (excludes halogenated alkanes) is 17. The molecule has 61 heavy (non-hydrogen) atoms. The smallest absolute Gasteiger partial charge is 0.220 e. The third-order valence-electron chi connectivity index (χ3n) is 11.0. The summed E-state index contributed by atoms with van der Waals surface area (Å²) < 4.78 is 11.2. The number of aliphatic hydroxyl groups excluding tert-OH is 5. The topological polar surface area (TPSA) is 149 Å². The van der Waals surface area contributed by atoms with E-state index in [1.165, 1.54) is 83.5 Å². The van der Waals surface area contributed by atoms with Gasteiger partial charge in [0, 0.05) is 6.42 Å². The molecule has 7 atom stereocenters. The number of carbonyl (C=O) groups excluding carboxylic acids is 1. The molecular formula is C52H89NO8. The highest BCUT2D eigenvalue weighted by atomic mass is 16.7. The fraction of sp³-hybridized carbons (Fsp3) is 0.712. The molecule has 1 aliphatic rings. The van der Waals surface area contributed by atoms with Crippen LogP contribution >= 0.6 is 0 Å². The summed E-state index contributed by atoms with van der Waals surface area (Å²) in [6, 6.07) is -0.807. The Morgan fingerprint density at radius 1 is 0.574 bits per heavy atom. The van der Waals surface area contributed by atoms with Crippen molar-refractivity contribution in [3.8, 4) is 0 Å². The van der Waals surface area contributed by atoms with Crippen LogP contribution < -0.4 is 5.32 Å². The minimum Gasteiger partial charge on any atom is -0.394 e. The summed E-state index contributed by atoms with van der Waals surface area (Å²) in [6.45, 7) is 3.58. The predicted molar refractivity (Wildman–Crippen MR) is 253 cm³/mol. The lowest BCUT2D eigenvalue weighted by Gasteiger charge is -2.40. The Kier molecular flexibility index (Phi) is 38.3. The van der Waals surface area contributed by atoms with Crippen molar-refractivity contribution in [2.24, 2.45) is 0 Å². The summed E-state index contributed by atoms with van der Waals surface area (Å²) in [4.78, 5) is 12.9. The van der Waals surface area contributed by atoms with Gasteiger partial charge < -0.3 is 40.3 Å². The van der Waals surface area contributed by atoms with Crippen LogP contribution in [0.3, 0.4) is 0 Å². The molecule has 350 valence electrons. The first-order valence-electron chi connectivity index (χ1n) is 24.3.